The highest BCUT2D eigenvalue weighted by atomic mass is 16.3. The summed E-state index contributed by atoms with van der Waals surface area (Å²) in [5.74, 6) is -0.192. The van der Waals surface area contributed by atoms with Crippen molar-refractivity contribution >= 4 is 16.8 Å². The summed E-state index contributed by atoms with van der Waals surface area (Å²) in [4.78, 5) is 15.5. The zero-order valence-electron chi connectivity index (χ0n) is 11.4. The van der Waals surface area contributed by atoms with Crippen LogP contribution in [0.1, 0.15) is 22.0 Å². The third-order valence-electron chi connectivity index (χ3n) is 3.53. The molecule has 0 saturated carbocycles. The minimum Gasteiger partial charge on any atom is -0.394 e. The van der Waals surface area contributed by atoms with E-state index in [1.807, 2.05) is 54.7 Å². The first kappa shape index (κ1) is 13.4. The Morgan fingerprint density at radius 3 is 2.67 bits per heavy atom. The first-order chi connectivity index (χ1) is 10.3. The molecule has 3 aromatic rings. The second-order valence-electron chi connectivity index (χ2n) is 4.86. The topological polar surface area (TPSA) is 65.1 Å². The van der Waals surface area contributed by atoms with E-state index in [-0.39, 0.29) is 12.5 Å². The molecule has 0 spiro atoms. The summed E-state index contributed by atoms with van der Waals surface area (Å²) in [6.07, 6.45) is 1.81. The van der Waals surface area contributed by atoms with Crippen LogP contribution < -0.4 is 5.32 Å². The van der Waals surface area contributed by atoms with E-state index in [1.54, 1.807) is 6.07 Å². The number of benzene rings is 2. The van der Waals surface area contributed by atoms with Crippen LogP contribution >= 0.6 is 0 Å². The zero-order valence-corrected chi connectivity index (χ0v) is 11.4. The molecule has 1 atom stereocenters. The van der Waals surface area contributed by atoms with E-state index < -0.39 is 6.04 Å². The highest BCUT2D eigenvalue weighted by Crippen LogP contribution is 2.19. The minimum atomic E-state index is -0.409. The van der Waals surface area contributed by atoms with Crippen LogP contribution in [-0.4, -0.2) is 22.6 Å². The fraction of sp³-hybridized carbons (Fsp3) is 0.118. The molecule has 0 aliphatic heterocycles. The molecule has 21 heavy (non-hydrogen) atoms. The molecule has 0 fully saturated rings. The van der Waals surface area contributed by atoms with E-state index in [4.69, 9.17) is 0 Å². The van der Waals surface area contributed by atoms with Gasteiger partial charge in [0.25, 0.3) is 5.91 Å². The van der Waals surface area contributed by atoms with E-state index in [0.29, 0.717) is 5.56 Å². The summed E-state index contributed by atoms with van der Waals surface area (Å²) in [7, 11) is 0. The summed E-state index contributed by atoms with van der Waals surface area (Å²) in [6.45, 7) is -0.140. The summed E-state index contributed by atoms with van der Waals surface area (Å²) in [6, 6.07) is 16.5. The second-order valence-corrected chi connectivity index (χ2v) is 4.86. The first-order valence-electron chi connectivity index (χ1n) is 6.82. The van der Waals surface area contributed by atoms with Crippen LogP contribution in [0.3, 0.4) is 0 Å². The smallest absolute Gasteiger partial charge is 0.252 e. The number of carbonyl (C=O) groups excluding carboxylic acids is 1. The molecule has 0 aliphatic carbocycles. The Bertz CT molecular complexity index is 750. The minimum absolute atomic E-state index is 0.140. The number of nitrogens with one attached hydrogen (secondary N) is 2. The maximum absolute atomic E-state index is 12.5. The maximum Gasteiger partial charge on any atom is 0.252 e. The summed E-state index contributed by atoms with van der Waals surface area (Å²) in [5.41, 5.74) is 2.40. The van der Waals surface area contributed by atoms with Crippen LogP contribution in [0.15, 0.2) is 60.8 Å². The Morgan fingerprint density at radius 1 is 1.10 bits per heavy atom. The number of aromatic nitrogens is 1. The van der Waals surface area contributed by atoms with Gasteiger partial charge >= 0.3 is 0 Å². The number of aliphatic hydroxyl groups excluding tert-OH is 1. The first-order valence-corrected chi connectivity index (χ1v) is 6.82. The van der Waals surface area contributed by atoms with Crippen LogP contribution in [0.5, 0.6) is 0 Å². The summed E-state index contributed by atoms with van der Waals surface area (Å²) in [5, 5.41) is 13.3. The number of H-pyrrole nitrogens is 1. The van der Waals surface area contributed by atoms with Gasteiger partial charge in [-0.2, -0.15) is 0 Å². The van der Waals surface area contributed by atoms with Crippen molar-refractivity contribution in [2.75, 3.05) is 6.61 Å². The number of fused-ring (bicyclic) bond motifs is 1. The van der Waals surface area contributed by atoms with Crippen LogP contribution in [0.2, 0.25) is 0 Å². The van der Waals surface area contributed by atoms with Gasteiger partial charge in [0.2, 0.25) is 0 Å². The fourth-order valence-electron chi connectivity index (χ4n) is 2.44. The molecule has 3 rings (SSSR count). The van der Waals surface area contributed by atoms with Gasteiger partial charge in [-0.1, -0.05) is 36.4 Å². The predicted molar refractivity (Wildman–Crippen MR) is 82.0 cm³/mol. The third kappa shape index (κ3) is 2.66. The third-order valence-corrected chi connectivity index (χ3v) is 3.53. The largest absolute Gasteiger partial charge is 0.394 e. The number of carbonyl (C=O) groups is 1. The number of aromatic amines is 1. The van der Waals surface area contributed by atoms with Crippen molar-refractivity contribution in [3.05, 3.63) is 71.9 Å². The van der Waals surface area contributed by atoms with Gasteiger partial charge in [-0.3, -0.25) is 4.79 Å². The highest BCUT2D eigenvalue weighted by molar-refractivity contribution is 6.06. The van der Waals surface area contributed by atoms with Gasteiger partial charge < -0.3 is 15.4 Å². The van der Waals surface area contributed by atoms with Crippen molar-refractivity contribution in [1.82, 2.24) is 10.3 Å². The van der Waals surface area contributed by atoms with Crippen molar-refractivity contribution in [2.24, 2.45) is 0 Å². The van der Waals surface area contributed by atoms with Crippen molar-refractivity contribution in [3.8, 4) is 0 Å². The van der Waals surface area contributed by atoms with Crippen LogP contribution in [0.4, 0.5) is 0 Å². The van der Waals surface area contributed by atoms with Crippen molar-refractivity contribution < 1.29 is 9.90 Å². The quantitative estimate of drug-likeness (QED) is 0.688. The van der Waals surface area contributed by atoms with Gasteiger partial charge in [0.05, 0.1) is 12.6 Å². The second kappa shape index (κ2) is 5.81. The maximum atomic E-state index is 12.5. The molecule has 1 heterocycles. The molecule has 4 nitrogen and oxygen atoms in total. The molecular weight excluding hydrogens is 264 g/mol. The van der Waals surface area contributed by atoms with E-state index in [1.165, 1.54) is 0 Å². The average Bonchev–Trinajstić information content (AvgIpc) is 3.01. The van der Waals surface area contributed by atoms with Gasteiger partial charge in [-0.25, -0.2) is 0 Å². The average molecular weight is 280 g/mol. The van der Waals surface area contributed by atoms with Crippen molar-refractivity contribution in [2.45, 2.75) is 6.04 Å². The molecule has 0 bridgehead atoms. The van der Waals surface area contributed by atoms with Gasteiger partial charge in [-0.15, -0.1) is 0 Å². The van der Waals surface area contributed by atoms with Crippen molar-refractivity contribution in [3.63, 3.8) is 0 Å². The van der Waals surface area contributed by atoms with Gasteiger partial charge in [-0.05, 0) is 23.8 Å². The van der Waals surface area contributed by atoms with E-state index in [9.17, 15) is 9.90 Å². The monoisotopic (exact) mass is 280 g/mol. The molecule has 1 aromatic heterocycles. The Kier molecular flexibility index (Phi) is 3.71. The predicted octanol–water partition coefficient (Wildman–Crippen LogP) is 2.63. The molecule has 0 saturated heterocycles. The molecular formula is C17H16N2O2. The summed E-state index contributed by atoms with van der Waals surface area (Å²) >= 11 is 0. The lowest BCUT2D eigenvalue weighted by Gasteiger charge is -2.17. The number of rotatable bonds is 4. The lowest BCUT2D eigenvalue weighted by Crippen LogP contribution is -2.30. The zero-order chi connectivity index (χ0) is 14.7. The standard InChI is InChI=1S/C17H16N2O2/c20-11-16(12-5-2-1-3-6-12)19-17(21)14-7-4-8-15-13(14)9-10-18-15/h1-10,16,18,20H,11H2,(H,19,21)/t16-/m1/s1. The molecule has 4 heteroatoms. The fourth-order valence-corrected chi connectivity index (χ4v) is 2.44. The van der Waals surface area contributed by atoms with Gasteiger partial charge in [0.15, 0.2) is 0 Å². The normalized spacial score (nSPS) is 12.2. The molecule has 106 valence electrons. The summed E-state index contributed by atoms with van der Waals surface area (Å²) < 4.78 is 0. The molecule has 1 amide bonds. The van der Waals surface area contributed by atoms with Crippen LogP contribution in [0, 0.1) is 0 Å². The van der Waals surface area contributed by atoms with E-state index in [0.717, 1.165) is 16.5 Å². The lowest BCUT2D eigenvalue weighted by atomic mass is 10.1. The number of hydrogen-bond acceptors (Lipinski definition) is 2. The van der Waals surface area contributed by atoms with E-state index >= 15 is 0 Å². The SMILES string of the molecule is O=C(N[C@H](CO)c1ccccc1)c1cccc2[nH]ccc12. The number of hydrogen-bond donors (Lipinski definition) is 3. The lowest BCUT2D eigenvalue weighted by molar-refractivity contribution is 0.0918. The molecule has 0 unspecified atom stereocenters. The number of amides is 1. The molecule has 0 radical (unpaired) electrons. The van der Waals surface area contributed by atoms with Crippen molar-refractivity contribution in [1.29, 1.82) is 0 Å². The molecule has 0 aliphatic rings. The van der Waals surface area contributed by atoms with Gasteiger partial charge in [0, 0.05) is 22.7 Å². The number of aliphatic hydroxyl groups is 1. The Morgan fingerprint density at radius 2 is 1.90 bits per heavy atom. The molecule has 2 aromatic carbocycles. The molecule has 3 N–H and O–H groups in total. The van der Waals surface area contributed by atoms with Gasteiger partial charge in [0.1, 0.15) is 0 Å². The Hall–Kier alpha value is -2.59. The van der Waals surface area contributed by atoms with Crippen LogP contribution in [-0.2, 0) is 0 Å². The Labute approximate surface area is 122 Å². The van der Waals surface area contributed by atoms with E-state index in [2.05, 4.69) is 10.3 Å². The van der Waals surface area contributed by atoms with Crippen LogP contribution in [0.25, 0.3) is 10.9 Å². The Balaban J connectivity index is 1.87. The highest BCUT2D eigenvalue weighted by Gasteiger charge is 2.16.